The van der Waals surface area contributed by atoms with Crippen molar-refractivity contribution < 1.29 is 24.2 Å². The van der Waals surface area contributed by atoms with Gasteiger partial charge in [-0.05, 0) is 74.7 Å². The summed E-state index contributed by atoms with van der Waals surface area (Å²) in [6, 6.07) is 11.6. The van der Waals surface area contributed by atoms with Crippen LogP contribution in [0.15, 0.2) is 48.7 Å². The van der Waals surface area contributed by atoms with E-state index in [1.807, 2.05) is 26.0 Å². The van der Waals surface area contributed by atoms with Crippen molar-refractivity contribution in [1.82, 2.24) is 15.2 Å². The Kier molecular flexibility index (Phi) is 9.04. The Morgan fingerprint density at radius 2 is 1.84 bits per heavy atom. The lowest BCUT2D eigenvalue weighted by atomic mass is 10.1. The van der Waals surface area contributed by atoms with Gasteiger partial charge in [-0.2, -0.15) is 0 Å². The van der Waals surface area contributed by atoms with Gasteiger partial charge in [-0.3, -0.25) is 4.90 Å². The number of aryl methyl sites for hydroxylation is 2. The molecule has 1 aliphatic rings. The highest BCUT2D eigenvalue weighted by Gasteiger charge is 2.14. The highest BCUT2D eigenvalue weighted by atomic mass is 35.5. The fourth-order valence-corrected chi connectivity index (χ4v) is 4.33. The van der Waals surface area contributed by atoms with Crippen LogP contribution in [0.25, 0.3) is 0 Å². The highest BCUT2D eigenvalue weighted by molar-refractivity contribution is 6.31. The number of hydrogen-bond donors (Lipinski definition) is 3. The average molecular weight is 539 g/mol. The molecule has 0 radical (unpaired) electrons. The maximum atomic E-state index is 12.7. The molecule has 10 heteroatoms. The Morgan fingerprint density at radius 3 is 2.58 bits per heavy atom. The van der Waals surface area contributed by atoms with Crippen LogP contribution in [0.4, 0.5) is 10.5 Å². The van der Waals surface area contributed by atoms with Gasteiger partial charge in [0.1, 0.15) is 23.9 Å². The second kappa shape index (κ2) is 12.6. The first kappa shape index (κ1) is 27.2. The summed E-state index contributed by atoms with van der Waals surface area (Å²) in [6.45, 7) is 7.57. The summed E-state index contributed by atoms with van der Waals surface area (Å²) in [4.78, 5) is 30.0. The van der Waals surface area contributed by atoms with Crippen LogP contribution in [-0.2, 0) is 6.54 Å². The number of anilines is 1. The number of aromatic nitrogens is 1. The second-order valence-corrected chi connectivity index (χ2v) is 9.59. The van der Waals surface area contributed by atoms with Crippen LogP contribution in [0, 0.1) is 13.8 Å². The molecule has 1 aliphatic heterocycles. The fraction of sp³-hybridized carbons (Fsp3) is 0.321. The lowest BCUT2D eigenvalue weighted by Gasteiger charge is -2.18. The maximum absolute atomic E-state index is 12.7. The summed E-state index contributed by atoms with van der Waals surface area (Å²) < 4.78 is 11.8. The Hall–Kier alpha value is -3.82. The van der Waals surface area contributed by atoms with Crippen molar-refractivity contribution in [3.05, 3.63) is 76.1 Å². The number of pyridine rings is 1. The predicted octanol–water partition coefficient (Wildman–Crippen LogP) is 5.64. The highest BCUT2D eigenvalue weighted by Crippen LogP contribution is 2.31. The zero-order valence-corrected chi connectivity index (χ0v) is 22.2. The molecule has 9 nitrogen and oxygen atoms in total. The van der Waals surface area contributed by atoms with E-state index in [0.717, 1.165) is 36.3 Å². The standard InChI is InChI=1S/C28H31ClN4O5/c1-18-14-23(26(16-22(18)29)37-12-11-33-9-3-4-10-33)32-28(36)31-17-20-5-6-25(19(2)13-20)38-21-7-8-30-24(15-21)27(34)35/h5-8,13-16H,3-4,9-12,17H2,1-2H3,(H,34,35)(H2,31,32,36). The number of nitrogens with zero attached hydrogens (tertiary/aromatic N) is 2. The van der Waals surface area contributed by atoms with E-state index < -0.39 is 5.97 Å². The van der Waals surface area contributed by atoms with Crippen LogP contribution >= 0.6 is 11.6 Å². The Morgan fingerprint density at radius 1 is 1.05 bits per heavy atom. The van der Waals surface area contributed by atoms with Gasteiger partial charge >= 0.3 is 12.0 Å². The van der Waals surface area contributed by atoms with Crippen LogP contribution in [0.1, 0.15) is 40.0 Å². The first-order valence-corrected chi connectivity index (χ1v) is 12.8. The smallest absolute Gasteiger partial charge is 0.354 e. The lowest BCUT2D eigenvalue weighted by molar-refractivity contribution is 0.0690. The molecule has 0 bridgehead atoms. The van der Waals surface area contributed by atoms with E-state index in [1.165, 1.54) is 25.1 Å². The number of ether oxygens (including phenoxy) is 2. The Bertz CT molecular complexity index is 1310. The van der Waals surface area contributed by atoms with Crippen molar-refractivity contribution in [2.24, 2.45) is 0 Å². The van der Waals surface area contributed by atoms with Gasteiger partial charge in [-0.25, -0.2) is 14.6 Å². The normalized spacial score (nSPS) is 13.2. The minimum Gasteiger partial charge on any atom is -0.490 e. The topological polar surface area (TPSA) is 113 Å². The first-order chi connectivity index (χ1) is 18.3. The Labute approximate surface area is 226 Å². The minimum absolute atomic E-state index is 0.0944. The van der Waals surface area contributed by atoms with E-state index in [4.69, 9.17) is 26.2 Å². The van der Waals surface area contributed by atoms with Gasteiger partial charge in [0.15, 0.2) is 5.69 Å². The molecule has 1 aromatic heterocycles. The number of aromatic carboxylic acids is 1. The lowest BCUT2D eigenvalue weighted by Crippen LogP contribution is -2.29. The number of carbonyl (C=O) groups is 2. The number of carbonyl (C=O) groups excluding carboxylic acids is 1. The largest absolute Gasteiger partial charge is 0.490 e. The van der Waals surface area contributed by atoms with Crippen LogP contribution in [0.3, 0.4) is 0 Å². The molecule has 3 N–H and O–H groups in total. The van der Waals surface area contributed by atoms with Gasteiger partial charge in [0.2, 0.25) is 0 Å². The summed E-state index contributed by atoms with van der Waals surface area (Å²) in [7, 11) is 0. The molecule has 2 amide bonds. The zero-order chi connectivity index (χ0) is 27.1. The molecular formula is C28H31ClN4O5. The van der Waals surface area contributed by atoms with E-state index in [9.17, 15) is 9.59 Å². The molecule has 4 rings (SSSR count). The maximum Gasteiger partial charge on any atom is 0.354 e. The van der Waals surface area contributed by atoms with Gasteiger partial charge in [0, 0.05) is 36.4 Å². The Balaban J connectivity index is 1.33. The number of carboxylic acids is 1. The van der Waals surface area contributed by atoms with Gasteiger partial charge in [0.25, 0.3) is 0 Å². The molecule has 3 aromatic rings. The predicted molar refractivity (Wildman–Crippen MR) is 146 cm³/mol. The van der Waals surface area contributed by atoms with Crippen molar-refractivity contribution in [1.29, 1.82) is 0 Å². The third kappa shape index (κ3) is 7.36. The number of nitrogens with one attached hydrogen (secondary N) is 2. The third-order valence-corrected chi connectivity index (χ3v) is 6.65. The fourth-order valence-electron chi connectivity index (χ4n) is 4.17. The number of carboxylic acid groups (broad SMARTS) is 1. The molecule has 0 unspecified atom stereocenters. The molecule has 0 atom stereocenters. The van der Waals surface area contributed by atoms with E-state index >= 15 is 0 Å². The number of halogens is 1. The number of amides is 2. The number of benzene rings is 2. The van der Waals surface area contributed by atoms with E-state index in [2.05, 4.69) is 20.5 Å². The monoisotopic (exact) mass is 538 g/mol. The van der Waals surface area contributed by atoms with Gasteiger partial charge in [0.05, 0.1) is 5.69 Å². The summed E-state index contributed by atoms with van der Waals surface area (Å²) in [5.41, 5.74) is 3.01. The summed E-state index contributed by atoms with van der Waals surface area (Å²) >= 11 is 6.31. The molecule has 0 spiro atoms. The summed E-state index contributed by atoms with van der Waals surface area (Å²) in [5, 5.41) is 15.4. The minimum atomic E-state index is -1.12. The zero-order valence-electron chi connectivity index (χ0n) is 21.4. The van der Waals surface area contributed by atoms with Crippen LogP contribution in [0.2, 0.25) is 5.02 Å². The second-order valence-electron chi connectivity index (χ2n) is 9.19. The quantitative estimate of drug-likeness (QED) is 0.306. The number of hydrogen-bond acceptors (Lipinski definition) is 6. The van der Waals surface area contributed by atoms with Crippen molar-refractivity contribution in [2.75, 3.05) is 31.6 Å². The van der Waals surface area contributed by atoms with E-state index in [-0.39, 0.29) is 11.7 Å². The van der Waals surface area contributed by atoms with E-state index in [0.29, 0.717) is 41.1 Å². The molecular weight excluding hydrogens is 508 g/mol. The molecule has 1 fully saturated rings. The molecule has 200 valence electrons. The van der Waals surface area contributed by atoms with Crippen LogP contribution < -0.4 is 20.1 Å². The van der Waals surface area contributed by atoms with Gasteiger partial charge in [-0.15, -0.1) is 0 Å². The number of urea groups is 1. The van der Waals surface area contributed by atoms with Gasteiger partial charge < -0.3 is 25.2 Å². The summed E-state index contributed by atoms with van der Waals surface area (Å²) in [6.07, 6.45) is 3.82. The molecule has 0 saturated carbocycles. The summed E-state index contributed by atoms with van der Waals surface area (Å²) in [5.74, 6) is 0.367. The molecule has 38 heavy (non-hydrogen) atoms. The first-order valence-electron chi connectivity index (χ1n) is 12.5. The van der Waals surface area contributed by atoms with Gasteiger partial charge in [-0.1, -0.05) is 23.7 Å². The molecule has 0 aliphatic carbocycles. The van der Waals surface area contributed by atoms with Crippen LogP contribution in [0.5, 0.6) is 17.2 Å². The number of likely N-dealkylation sites (tertiary alicyclic amines) is 1. The van der Waals surface area contributed by atoms with Crippen molar-refractivity contribution in [2.45, 2.75) is 33.2 Å². The SMILES string of the molecule is Cc1cc(NC(=O)NCc2ccc(Oc3ccnc(C(=O)O)c3)c(C)c2)c(OCCN2CCCC2)cc1Cl. The van der Waals surface area contributed by atoms with E-state index in [1.54, 1.807) is 24.3 Å². The molecule has 1 saturated heterocycles. The van der Waals surface area contributed by atoms with Crippen molar-refractivity contribution >= 4 is 29.3 Å². The number of rotatable bonds is 10. The third-order valence-electron chi connectivity index (χ3n) is 6.24. The van der Waals surface area contributed by atoms with Crippen molar-refractivity contribution in [3.63, 3.8) is 0 Å². The van der Waals surface area contributed by atoms with Crippen LogP contribution in [-0.4, -0.2) is 53.2 Å². The average Bonchev–Trinajstić information content (AvgIpc) is 3.41. The molecule has 2 heterocycles. The van der Waals surface area contributed by atoms with Crippen molar-refractivity contribution in [3.8, 4) is 17.2 Å². The molecule has 2 aromatic carbocycles.